The van der Waals surface area contributed by atoms with E-state index in [1.165, 1.54) is 18.2 Å². The summed E-state index contributed by atoms with van der Waals surface area (Å²) in [4.78, 5) is 11.6. The molecule has 0 saturated carbocycles. The van der Waals surface area contributed by atoms with Gasteiger partial charge in [-0.1, -0.05) is 12.1 Å². The van der Waals surface area contributed by atoms with Gasteiger partial charge in [0, 0.05) is 0 Å². The molecule has 6 heteroatoms. The smallest absolute Gasteiger partial charge is 0.243 e. The summed E-state index contributed by atoms with van der Waals surface area (Å²) >= 11 is 0. The molecule has 20 heavy (non-hydrogen) atoms. The Bertz CT molecular complexity index is 632. The molecule has 1 amide bonds. The minimum Gasteiger partial charge on any atom is -0.374 e. The van der Waals surface area contributed by atoms with Gasteiger partial charge in [-0.3, -0.25) is 4.79 Å². The van der Waals surface area contributed by atoms with Gasteiger partial charge in [-0.15, -0.1) is 0 Å². The van der Waals surface area contributed by atoms with Gasteiger partial charge in [0.15, 0.2) is 0 Å². The number of carbonyl (C=O) groups is 1. The molecule has 2 N–H and O–H groups in total. The quantitative estimate of drug-likeness (QED) is 0.903. The van der Waals surface area contributed by atoms with Crippen LogP contribution >= 0.6 is 0 Å². The van der Waals surface area contributed by atoms with Crippen molar-refractivity contribution in [3.8, 4) is 0 Å². The summed E-state index contributed by atoms with van der Waals surface area (Å²) in [5, 5.41) is 4.77. The van der Waals surface area contributed by atoms with E-state index in [0.29, 0.717) is 0 Å². The van der Waals surface area contributed by atoms with Crippen LogP contribution in [0, 0.1) is 17.5 Å². The van der Waals surface area contributed by atoms with Crippen molar-refractivity contribution in [1.29, 1.82) is 0 Å². The second-order valence-electron chi connectivity index (χ2n) is 4.01. The zero-order valence-electron chi connectivity index (χ0n) is 10.3. The fourth-order valence-electron chi connectivity index (χ4n) is 1.57. The van der Waals surface area contributed by atoms with Gasteiger partial charge in [0.2, 0.25) is 5.91 Å². The van der Waals surface area contributed by atoms with Crippen LogP contribution in [0.4, 0.5) is 24.5 Å². The van der Waals surface area contributed by atoms with E-state index in [1.54, 1.807) is 6.07 Å². The molecule has 0 aromatic heterocycles. The maximum absolute atomic E-state index is 13.3. The summed E-state index contributed by atoms with van der Waals surface area (Å²) in [5.41, 5.74) is -0.104. The lowest BCUT2D eigenvalue weighted by Gasteiger charge is -2.09. The third kappa shape index (κ3) is 3.50. The molecular weight excluding hydrogens is 269 g/mol. The van der Waals surface area contributed by atoms with Crippen molar-refractivity contribution >= 4 is 17.3 Å². The van der Waals surface area contributed by atoms with Crippen LogP contribution in [0.25, 0.3) is 0 Å². The zero-order valence-corrected chi connectivity index (χ0v) is 10.3. The van der Waals surface area contributed by atoms with Crippen LogP contribution in [0.15, 0.2) is 42.5 Å². The Morgan fingerprint density at radius 2 is 1.65 bits per heavy atom. The van der Waals surface area contributed by atoms with Crippen molar-refractivity contribution < 1.29 is 18.0 Å². The number of halogens is 3. The number of benzene rings is 2. The van der Waals surface area contributed by atoms with Crippen LogP contribution in [-0.4, -0.2) is 12.5 Å². The molecule has 0 aliphatic carbocycles. The van der Waals surface area contributed by atoms with Gasteiger partial charge in [0.25, 0.3) is 0 Å². The van der Waals surface area contributed by atoms with Crippen molar-refractivity contribution in [2.24, 2.45) is 0 Å². The largest absolute Gasteiger partial charge is 0.374 e. The van der Waals surface area contributed by atoms with Crippen molar-refractivity contribution in [3.05, 3.63) is 59.9 Å². The third-order valence-corrected chi connectivity index (χ3v) is 2.52. The topological polar surface area (TPSA) is 41.1 Å². The number of para-hydroxylation sites is 1. The standard InChI is InChI=1S/C14H11F3N2O/c15-9-5-6-11(17)13(7-9)18-8-14(20)19-12-4-2-1-3-10(12)16/h1-7,18H,8H2,(H,19,20). The van der Waals surface area contributed by atoms with Crippen LogP contribution in [0.1, 0.15) is 0 Å². The highest BCUT2D eigenvalue weighted by molar-refractivity contribution is 5.93. The first-order valence-electron chi connectivity index (χ1n) is 5.79. The van der Waals surface area contributed by atoms with E-state index in [0.717, 1.165) is 18.2 Å². The average molecular weight is 280 g/mol. The molecule has 0 aliphatic heterocycles. The van der Waals surface area contributed by atoms with Crippen molar-refractivity contribution in [2.45, 2.75) is 0 Å². The molecule has 104 valence electrons. The number of nitrogens with one attached hydrogen (secondary N) is 2. The summed E-state index contributed by atoms with van der Waals surface area (Å²) in [7, 11) is 0. The van der Waals surface area contributed by atoms with E-state index in [-0.39, 0.29) is 17.9 Å². The molecule has 0 bridgehead atoms. The molecule has 2 aromatic rings. The molecule has 0 fully saturated rings. The van der Waals surface area contributed by atoms with Gasteiger partial charge in [-0.25, -0.2) is 13.2 Å². The highest BCUT2D eigenvalue weighted by Crippen LogP contribution is 2.15. The van der Waals surface area contributed by atoms with E-state index < -0.39 is 23.4 Å². The molecular formula is C14H11F3N2O. The molecule has 0 heterocycles. The number of amides is 1. The minimum atomic E-state index is -0.676. The maximum Gasteiger partial charge on any atom is 0.243 e. The molecule has 0 radical (unpaired) electrons. The van der Waals surface area contributed by atoms with Crippen LogP contribution in [0.2, 0.25) is 0 Å². The highest BCUT2D eigenvalue weighted by atomic mass is 19.1. The molecule has 0 saturated heterocycles. The first-order valence-corrected chi connectivity index (χ1v) is 5.79. The summed E-state index contributed by atoms with van der Waals surface area (Å²) in [6.45, 7) is -0.311. The van der Waals surface area contributed by atoms with E-state index >= 15 is 0 Å². The average Bonchev–Trinajstić information content (AvgIpc) is 2.42. The molecule has 0 atom stereocenters. The Kier molecular flexibility index (Phi) is 4.24. The number of carbonyl (C=O) groups excluding carboxylic acids is 1. The SMILES string of the molecule is O=C(CNc1cc(F)ccc1F)Nc1ccccc1F. The number of rotatable bonds is 4. The van der Waals surface area contributed by atoms with Gasteiger partial charge >= 0.3 is 0 Å². The number of hydrogen-bond acceptors (Lipinski definition) is 2. The van der Waals surface area contributed by atoms with Crippen LogP contribution in [-0.2, 0) is 4.79 Å². The lowest BCUT2D eigenvalue weighted by atomic mass is 10.3. The number of hydrogen-bond donors (Lipinski definition) is 2. The minimum absolute atomic E-state index is 0.0269. The van der Waals surface area contributed by atoms with E-state index in [9.17, 15) is 18.0 Å². The Morgan fingerprint density at radius 3 is 2.40 bits per heavy atom. The van der Waals surface area contributed by atoms with Gasteiger partial charge in [-0.2, -0.15) is 0 Å². The molecule has 0 aliphatic rings. The Morgan fingerprint density at radius 1 is 0.950 bits per heavy atom. The second-order valence-corrected chi connectivity index (χ2v) is 4.01. The van der Waals surface area contributed by atoms with Crippen LogP contribution < -0.4 is 10.6 Å². The summed E-state index contributed by atoms with van der Waals surface area (Å²) in [6, 6.07) is 8.52. The predicted octanol–water partition coefficient (Wildman–Crippen LogP) is 3.15. The van der Waals surface area contributed by atoms with Crippen molar-refractivity contribution in [1.82, 2.24) is 0 Å². The first kappa shape index (κ1) is 13.9. The summed E-state index contributed by atoms with van der Waals surface area (Å²) in [5.74, 6) is -2.44. The fraction of sp³-hybridized carbons (Fsp3) is 0.0714. The monoisotopic (exact) mass is 280 g/mol. The van der Waals surface area contributed by atoms with Crippen molar-refractivity contribution in [2.75, 3.05) is 17.2 Å². The fourth-order valence-corrected chi connectivity index (χ4v) is 1.57. The second kappa shape index (κ2) is 6.10. The Balaban J connectivity index is 1.96. The van der Waals surface area contributed by atoms with Crippen molar-refractivity contribution in [3.63, 3.8) is 0 Å². The van der Waals surface area contributed by atoms with Gasteiger partial charge < -0.3 is 10.6 Å². The predicted molar refractivity (Wildman–Crippen MR) is 69.9 cm³/mol. The maximum atomic E-state index is 13.3. The molecule has 3 nitrogen and oxygen atoms in total. The lowest BCUT2D eigenvalue weighted by molar-refractivity contribution is -0.114. The van der Waals surface area contributed by atoms with Gasteiger partial charge in [0.05, 0.1) is 17.9 Å². The first-order chi connectivity index (χ1) is 9.56. The van der Waals surface area contributed by atoms with Gasteiger partial charge in [0.1, 0.15) is 17.5 Å². The van der Waals surface area contributed by atoms with E-state index in [2.05, 4.69) is 10.6 Å². The summed E-state index contributed by atoms with van der Waals surface area (Å²) in [6.07, 6.45) is 0. The normalized spacial score (nSPS) is 10.2. The summed E-state index contributed by atoms with van der Waals surface area (Å²) < 4.78 is 39.5. The third-order valence-electron chi connectivity index (χ3n) is 2.52. The molecule has 2 aromatic carbocycles. The lowest BCUT2D eigenvalue weighted by Crippen LogP contribution is -2.22. The zero-order chi connectivity index (χ0) is 14.5. The van der Waals surface area contributed by atoms with E-state index in [1.807, 2.05) is 0 Å². The Labute approximate surface area is 113 Å². The molecule has 0 unspecified atom stereocenters. The van der Waals surface area contributed by atoms with Gasteiger partial charge in [-0.05, 0) is 30.3 Å². The molecule has 2 rings (SSSR count). The molecule has 0 spiro atoms. The highest BCUT2D eigenvalue weighted by Gasteiger charge is 2.08. The Hall–Kier alpha value is -2.50. The van der Waals surface area contributed by atoms with Crippen LogP contribution in [0.5, 0.6) is 0 Å². The van der Waals surface area contributed by atoms with E-state index in [4.69, 9.17) is 0 Å². The van der Waals surface area contributed by atoms with Crippen LogP contribution in [0.3, 0.4) is 0 Å². The number of anilines is 2.